The lowest BCUT2D eigenvalue weighted by Gasteiger charge is -2.06. The standard InChI is InChI=1S/C21H16BrN3O/c1-14-3-2-12-25-13-19(24-20(14)25)15-6-10-18(11-7-15)23-21(26)16-4-8-17(22)9-5-16/h2-13H,1H3,(H,23,26). The summed E-state index contributed by atoms with van der Waals surface area (Å²) in [5, 5.41) is 2.91. The molecule has 4 nitrogen and oxygen atoms in total. The van der Waals surface area contributed by atoms with E-state index < -0.39 is 0 Å². The number of rotatable bonds is 3. The minimum Gasteiger partial charge on any atom is -0.322 e. The molecule has 0 bridgehead atoms. The minimum absolute atomic E-state index is 0.131. The Morgan fingerprint density at radius 2 is 1.77 bits per heavy atom. The van der Waals surface area contributed by atoms with Crippen molar-refractivity contribution in [2.24, 2.45) is 0 Å². The van der Waals surface area contributed by atoms with Crippen molar-refractivity contribution in [3.63, 3.8) is 0 Å². The second kappa shape index (κ2) is 6.77. The van der Waals surface area contributed by atoms with Gasteiger partial charge in [0.1, 0.15) is 5.65 Å². The third-order valence-corrected chi connectivity index (χ3v) is 4.75. The summed E-state index contributed by atoms with van der Waals surface area (Å²) in [5.41, 5.74) is 5.38. The number of fused-ring (bicyclic) bond motifs is 1. The number of pyridine rings is 1. The summed E-state index contributed by atoms with van der Waals surface area (Å²) < 4.78 is 2.97. The van der Waals surface area contributed by atoms with E-state index >= 15 is 0 Å². The molecule has 0 unspecified atom stereocenters. The number of aryl methyl sites for hydroxylation is 1. The first-order valence-corrected chi connectivity index (χ1v) is 9.01. The number of carbonyl (C=O) groups is 1. The monoisotopic (exact) mass is 405 g/mol. The molecular formula is C21H16BrN3O. The van der Waals surface area contributed by atoms with Crippen molar-refractivity contribution >= 4 is 33.2 Å². The van der Waals surface area contributed by atoms with Crippen LogP contribution in [0.15, 0.2) is 77.5 Å². The van der Waals surface area contributed by atoms with Crippen molar-refractivity contribution in [1.29, 1.82) is 0 Å². The Labute approximate surface area is 159 Å². The molecule has 0 aliphatic heterocycles. The molecule has 26 heavy (non-hydrogen) atoms. The van der Waals surface area contributed by atoms with Crippen molar-refractivity contribution in [2.75, 3.05) is 5.32 Å². The molecule has 128 valence electrons. The fourth-order valence-corrected chi connectivity index (χ4v) is 3.09. The maximum Gasteiger partial charge on any atom is 0.255 e. The second-order valence-electron chi connectivity index (χ2n) is 6.09. The Kier molecular flexibility index (Phi) is 4.31. The molecule has 4 rings (SSSR count). The summed E-state index contributed by atoms with van der Waals surface area (Å²) in [6.07, 6.45) is 4.00. The van der Waals surface area contributed by atoms with Gasteiger partial charge in [-0.05, 0) is 55.0 Å². The number of hydrogen-bond acceptors (Lipinski definition) is 2. The van der Waals surface area contributed by atoms with E-state index in [0.29, 0.717) is 5.56 Å². The number of anilines is 1. The summed E-state index contributed by atoms with van der Waals surface area (Å²) in [6, 6.07) is 19.0. The van der Waals surface area contributed by atoms with Crippen LogP contribution in [-0.4, -0.2) is 15.3 Å². The summed E-state index contributed by atoms with van der Waals surface area (Å²) in [6.45, 7) is 2.05. The van der Waals surface area contributed by atoms with E-state index in [-0.39, 0.29) is 5.91 Å². The molecule has 0 spiro atoms. The number of amides is 1. The molecule has 0 saturated carbocycles. The van der Waals surface area contributed by atoms with Gasteiger partial charge < -0.3 is 9.72 Å². The van der Waals surface area contributed by atoms with Crippen LogP contribution >= 0.6 is 15.9 Å². The second-order valence-corrected chi connectivity index (χ2v) is 7.00. The number of carbonyl (C=O) groups excluding carboxylic acids is 1. The smallest absolute Gasteiger partial charge is 0.255 e. The highest BCUT2D eigenvalue weighted by Gasteiger charge is 2.08. The molecule has 2 aromatic heterocycles. The van der Waals surface area contributed by atoms with Crippen LogP contribution < -0.4 is 5.32 Å². The van der Waals surface area contributed by atoms with Crippen molar-refractivity contribution in [2.45, 2.75) is 6.92 Å². The summed E-state index contributed by atoms with van der Waals surface area (Å²) in [7, 11) is 0. The molecule has 1 N–H and O–H groups in total. The van der Waals surface area contributed by atoms with Gasteiger partial charge in [0.05, 0.1) is 5.69 Å². The first kappa shape index (κ1) is 16.5. The highest BCUT2D eigenvalue weighted by Crippen LogP contribution is 2.23. The molecule has 0 radical (unpaired) electrons. The lowest BCUT2D eigenvalue weighted by molar-refractivity contribution is 0.102. The highest BCUT2D eigenvalue weighted by atomic mass is 79.9. The van der Waals surface area contributed by atoms with Crippen molar-refractivity contribution in [3.8, 4) is 11.3 Å². The van der Waals surface area contributed by atoms with Crippen molar-refractivity contribution in [1.82, 2.24) is 9.38 Å². The maximum absolute atomic E-state index is 12.3. The summed E-state index contributed by atoms with van der Waals surface area (Å²) in [5.74, 6) is -0.131. The number of nitrogens with one attached hydrogen (secondary N) is 1. The predicted molar refractivity (Wildman–Crippen MR) is 107 cm³/mol. The van der Waals surface area contributed by atoms with E-state index in [1.807, 2.05) is 72.2 Å². The fraction of sp³-hybridized carbons (Fsp3) is 0.0476. The zero-order chi connectivity index (χ0) is 18.1. The average Bonchev–Trinajstić information content (AvgIpc) is 3.08. The van der Waals surface area contributed by atoms with Gasteiger partial charge in [0.2, 0.25) is 0 Å². The lowest BCUT2D eigenvalue weighted by Crippen LogP contribution is -2.11. The van der Waals surface area contributed by atoms with E-state index in [9.17, 15) is 4.79 Å². The van der Waals surface area contributed by atoms with Crippen LogP contribution in [0.1, 0.15) is 15.9 Å². The molecule has 0 atom stereocenters. The van der Waals surface area contributed by atoms with Gasteiger partial charge in [0, 0.05) is 33.7 Å². The fourth-order valence-electron chi connectivity index (χ4n) is 2.82. The van der Waals surface area contributed by atoms with Gasteiger partial charge in [-0.2, -0.15) is 0 Å². The minimum atomic E-state index is -0.131. The van der Waals surface area contributed by atoms with Crippen LogP contribution in [0, 0.1) is 6.92 Å². The highest BCUT2D eigenvalue weighted by molar-refractivity contribution is 9.10. The van der Waals surface area contributed by atoms with Crippen molar-refractivity contribution in [3.05, 3.63) is 88.7 Å². The van der Waals surface area contributed by atoms with Crippen LogP contribution in [0.25, 0.3) is 16.9 Å². The molecular weight excluding hydrogens is 390 g/mol. The van der Waals surface area contributed by atoms with Gasteiger partial charge in [-0.15, -0.1) is 0 Å². The molecule has 0 aliphatic rings. The first-order valence-electron chi connectivity index (χ1n) is 8.22. The Morgan fingerprint density at radius 1 is 1.04 bits per heavy atom. The molecule has 0 saturated heterocycles. The SMILES string of the molecule is Cc1cccn2cc(-c3ccc(NC(=O)c4ccc(Br)cc4)cc3)nc12. The van der Waals surface area contributed by atoms with Gasteiger partial charge >= 0.3 is 0 Å². The summed E-state index contributed by atoms with van der Waals surface area (Å²) >= 11 is 3.37. The Morgan fingerprint density at radius 3 is 2.46 bits per heavy atom. The largest absolute Gasteiger partial charge is 0.322 e. The van der Waals surface area contributed by atoms with Crippen molar-refractivity contribution < 1.29 is 4.79 Å². The van der Waals surface area contributed by atoms with E-state index in [2.05, 4.69) is 21.2 Å². The number of hydrogen-bond donors (Lipinski definition) is 1. The molecule has 1 amide bonds. The number of imidazole rings is 1. The van der Waals surface area contributed by atoms with Gasteiger partial charge in [0.15, 0.2) is 0 Å². The number of halogens is 1. The first-order chi connectivity index (χ1) is 12.6. The Bertz CT molecular complexity index is 1080. The zero-order valence-electron chi connectivity index (χ0n) is 14.1. The molecule has 5 heteroatoms. The molecule has 2 heterocycles. The predicted octanol–water partition coefficient (Wildman–Crippen LogP) is 5.32. The van der Waals surface area contributed by atoms with Crippen LogP contribution in [-0.2, 0) is 0 Å². The normalized spacial score (nSPS) is 10.8. The van der Waals surface area contributed by atoms with Crippen LogP contribution in [0.4, 0.5) is 5.69 Å². The zero-order valence-corrected chi connectivity index (χ0v) is 15.7. The molecule has 2 aromatic carbocycles. The van der Waals surface area contributed by atoms with E-state index in [0.717, 1.165) is 32.6 Å². The Hall–Kier alpha value is -2.92. The number of aromatic nitrogens is 2. The average molecular weight is 406 g/mol. The molecule has 4 aromatic rings. The van der Waals surface area contributed by atoms with Crippen LogP contribution in [0.3, 0.4) is 0 Å². The Balaban J connectivity index is 1.55. The van der Waals surface area contributed by atoms with Crippen LogP contribution in [0.2, 0.25) is 0 Å². The van der Waals surface area contributed by atoms with E-state index in [4.69, 9.17) is 4.98 Å². The van der Waals surface area contributed by atoms with Gasteiger partial charge in [-0.25, -0.2) is 4.98 Å². The van der Waals surface area contributed by atoms with E-state index in [1.54, 1.807) is 12.1 Å². The van der Waals surface area contributed by atoms with E-state index in [1.165, 1.54) is 0 Å². The maximum atomic E-state index is 12.3. The number of nitrogens with zero attached hydrogens (tertiary/aromatic N) is 2. The van der Waals surface area contributed by atoms with Crippen LogP contribution in [0.5, 0.6) is 0 Å². The van der Waals surface area contributed by atoms with Gasteiger partial charge in [0.25, 0.3) is 5.91 Å². The third kappa shape index (κ3) is 3.26. The molecule has 0 aliphatic carbocycles. The third-order valence-electron chi connectivity index (χ3n) is 4.22. The quantitative estimate of drug-likeness (QED) is 0.500. The lowest BCUT2D eigenvalue weighted by atomic mass is 10.1. The molecule has 0 fully saturated rings. The van der Waals surface area contributed by atoms with Gasteiger partial charge in [-0.1, -0.05) is 34.1 Å². The summed E-state index contributed by atoms with van der Waals surface area (Å²) in [4.78, 5) is 17.0. The number of benzene rings is 2. The van der Waals surface area contributed by atoms with Gasteiger partial charge in [-0.3, -0.25) is 4.79 Å². The topological polar surface area (TPSA) is 46.4 Å².